The summed E-state index contributed by atoms with van der Waals surface area (Å²) < 4.78 is 5.81. The largest absolute Gasteiger partial charge is 0.444 e. The van der Waals surface area contributed by atoms with E-state index in [0.29, 0.717) is 0 Å². The van der Waals surface area contributed by atoms with Gasteiger partial charge in [0.2, 0.25) is 0 Å². The molecular weight excluding hydrogens is 464 g/mol. The molecule has 1 amide bonds. The van der Waals surface area contributed by atoms with Crippen LogP contribution >= 0.6 is 0 Å². The van der Waals surface area contributed by atoms with Crippen molar-refractivity contribution in [3.05, 3.63) is 48.3 Å². The Morgan fingerprint density at radius 3 is 2.32 bits per heavy atom. The number of aryl methyl sites for hydroxylation is 1. The topological polar surface area (TPSA) is 87.2 Å². The fourth-order valence-electron chi connectivity index (χ4n) is 6.29. The van der Waals surface area contributed by atoms with Crippen LogP contribution in [0, 0.1) is 6.92 Å². The number of aromatic nitrogens is 4. The van der Waals surface area contributed by atoms with Gasteiger partial charge in [-0.15, -0.1) is 10.2 Å². The molecule has 196 valence electrons. The second-order valence-corrected chi connectivity index (χ2v) is 12.3. The highest BCUT2D eigenvalue weighted by Gasteiger charge is 2.59. The van der Waals surface area contributed by atoms with Gasteiger partial charge in [0.05, 0.1) is 11.9 Å². The first-order valence-electron chi connectivity index (χ1n) is 13.1. The van der Waals surface area contributed by atoms with Crippen molar-refractivity contribution in [3.63, 3.8) is 0 Å². The molecule has 2 aliphatic heterocycles. The molecule has 0 aliphatic carbocycles. The number of hydrogen-bond donors (Lipinski definition) is 1. The normalized spacial score (nSPS) is 25.3. The number of carbonyl (C=O) groups is 1. The summed E-state index contributed by atoms with van der Waals surface area (Å²) in [6, 6.07) is 10.7. The Labute approximate surface area is 219 Å². The summed E-state index contributed by atoms with van der Waals surface area (Å²) >= 11 is 0. The second kappa shape index (κ2) is 8.85. The lowest BCUT2D eigenvalue weighted by molar-refractivity contribution is -0.0357. The quantitative estimate of drug-likeness (QED) is 0.472. The number of hydrogen-bond acceptors (Lipinski definition) is 6. The molecule has 1 N–H and O–H groups in total. The minimum atomic E-state index is -0.508. The highest BCUT2D eigenvalue weighted by atomic mass is 16.6. The summed E-state index contributed by atoms with van der Waals surface area (Å²) in [5.41, 5.74) is 4.25. The molecular formula is C29H38N6O2. The van der Waals surface area contributed by atoms with Crippen molar-refractivity contribution in [3.8, 4) is 22.4 Å². The summed E-state index contributed by atoms with van der Waals surface area (Å²) in [6.07, 6.45) is 7.22. The molecule has 2 fully saturated rings. The number of aromatic amines is 1. The van der Waals surface area contributed by atoms with Crippen molar-refractivity contribution in [2.45, 2.75) is 89.9 Å². The van der Waals surface area contributed by atoms with E-state index in [1.54, 1.807) is 0 Å². The van der Waals surface area contributed by atoms with Gasteiger partial charge in [-0.1, -0.05) is 18.2 Å². The van der Waals surface area contributed by atoms with Gasteiger partial charge in [-0.05, 0) is 90.5 Å². The standard InChI is InChI=1S/C29H38N6O2/c1-19-14-20(21-17-30-31-18-21)8-9-23(19)24-10-11-25(33-32-24)34(7)22-15-28(5)12-13-29(6,16-22)35(28)26(36)37-27(2,3)4/h8-11,14,17-18,22H,12-13,15-16H2,1-7H3,(H,30,31)/t22?,28-,29+. The van der Waals surface area contributed by atoms with Crippen LogP contribution in [0.15, 0.2) is 42.7 Å². The van der Waals surface area contributed by atoms with E-state index in [-0.39, 0.29) is 23.2 Å². The number of anilines is 1. The van der Waals surface area contributed by atoms with E-state index in [0.717, 1.165) is 59.4 Å². The average Bonchev–Trinajstić information content (AvgIpc) is 3.41. The van der Waals surface area contributed by atoms with Crippen LogP contribution in [-0.4, -0.2) is 61.2 Å². The number of nitrogens with zero attached hydrogens (tertiary/aromatic N) is 5. The molecule has 0 saturated carbocycles. The Morgan fingerprint density at radius 1 is 1.08 bits per heavy atom. The van der Waals surface area contributed by atoms with Crippen LogP contribution < -0.4 is 4.90 Å². The third-order valence-electron chi connectivity index (χ3n) is 8.10. The SMILES string of the molecule is Cc1cc(-c2cn[nH]c2)ccc1-c1ccc(N(C)C2C[C@]3(C)CC[C@](C)(C2)N3C(=O)OC(C)(C)C)nn1. The number of ether oxygens (including phenoxy) is 1. The molecule has 2 aromatic heterocycles. The second-order valence-electron chi connectivity index (χ2n) is 12.3. The maximum Gasteiger partial charge on any atom is 0.411 e. The van der Waals surface area contributed by atoms with Crippen molar-refractivity contribution < 1.29 is 9.53 Å². The Bertz CT molecular complexity index is 1260. The third kappa shape index (κ3) is 4.69. The first kappa shape index (κ1) is 25.2. The molecule has 5 rings (SSSR count). The number of carbonyl (C=O) groups excluding carboxylic acids is 1. The Morgan fingerprint density at radius 2 is 1.78 bits per heavy atom. The van der Waals surface area contributed by atoms with E-state index >= 15 is 0 Å². The number of amides is 1. The van der Waals surface area contributed by atoms with Gasteiger partial charge >= 0.3 is 6.09 Å². The smallest absolute Gasteiger partial charge is 0.411 e. The minimum Gasteiger partial charge on any atom is -0.444 e. The van der Waals surface area contributed by atoms with E-state index in [9.17, 15) is 4.79 Å². The van der Waals surface area contributed by atoms with Gasteiger partial charge in [-0.2, -0.15) is 5.10 Å². The number of benzene rings is 1. The van der Waals surface area contributed by atoms with Gasteiger partial charge in [-0.25, -0.2) is 4.79 Å². The van der Waals surface area contributed by atoms with Gasteiger partial charge in [0, 0.05) is 41.5 Å². The molecule has 2 bridgehead atoms. The fourth-order valence-corrected chi connectivity index (χ4v) is 6.29. The van der Waals surface area contributed by atoms with Gasteiger partial charge in [0.1, 0.15) is 5.60 Å². The highest BCUT2D eigenvalue weighted by Crippen LogP contribution is 2.52. The molecule has 0 spiro atoms. The van der Waals surface area contributed by atoms with Crippen LogP contribution in [0.3, 0.4) is 0 Å². The zero-order chi connectivity index (χ0) is 26.6. The molecule has 1 unspecified atom stereocenters. The van der Waals surface area contributed by atoms with Crippen LogP contribution in [0.2, 0.25) is 0 Å². The lowest BCUT2D eigenvalue weighted by Crippen LogP contribution is -2.63. The third-order valence-corrected chi connectivity index (χ3v) is 8.10. The van der Waals surface area contributed by atoms with E-state index in [1.165, 1.54) is 0 Å². The molecule has 3 atom stereocenters. The molecule has 3 aromatic rings. The molecule has 1 aromatic carbocycles. The molecule has 4 heterocycles. The van der Waals surface area contributed by atoms with E-state index < -0.39 is 5.60 Å². The predicted molar refractivity (Wildman–Crippen MR) is 145 cm³/mol. The molecule has 0 radical (unpaired) electrons. The van der Waals surface area contributed by atoms with Crippen molar-refractivity contribution >= 4 is 11.9 Å². The maximum atomic E-state index is 13.2. The van der Waals surface area contributed by atoms with Crippen LogP contribution in [0.1, 0.15) is 65.9 Å². The summed E-state index contributed by atoms with van der Waals surface area (Å²) in [6.45, 7) is 12.3. The maximum absolute atomic E-state index is 13.2. The number of rotatable bonds is 4. The van der Waals surface area contributed by atoms with Gasteiger partial charge in [0.15, 0.2) is 5.82 Å². The molecule has 8 nitrogen and oxygen atoms in total. The first-order valence-corrected chi connectivity index (χ1v) is 13.1. The van der Waals surface area contributed by atoms with E-state index in [1.807, 2.05) is 44.1 Å². The van der Waals surface area contributed by atoms with Gasteiger partial charge in [-0.3, -0.25) is 10.00 Å². The number of nitrogens with one attached hydrogen (secondary N) is 1. The lowest BCUT2D eigenvalue weighted by atomic mass is 9.82. The first-order chi connectivity index (χ1) is 17.4. The molecule has 2 saturated heterocycles. The number of H-pyrrole nitrogens is 1. The highest BCUT2D eigenvalue weighted by molar-refractivity contribution is 5.72. The van der Waals surface area contributed by atoms with Crippen LogP contribution in [0.4, 0.5) is 10.6 Å². The van der Waals surface area contributed by atoms with Crippen molar-refractivity contribution in [2.75, 3.05) is 11.9 Å². The summed E-state index contributed by atoms with van der Waals surface area (Å²) in [7, 11) is 2.09. The zero-order valence-electron chi connectivity index (χ0n) is 23.0. The van der Waals surface area contributed by atoms with E-state index in [4.69, 9.17) is 4.74 Å². The van der Waals surface area contributed by atoms with Crippen LogP contribution in [-0.2, 0) is 4.74 Å². The monoisotopic (exact) mass is 502 g/mol. The molecule has 37 heavy (non-hydrogen) atoms. The summed E-state index contributed by atoms with van der Waals surface area (Å²) in [4.78, 5) is 17.4. The Kier molecular flexibility index (Phi) is 6.04. The van der Waals surface area contributed by atoms with Crippen molar-refractivity contribution in [1.29, 1.82) is 0 Å². The van der Waals surface area contributed by atoms with Crippen molar-refractivity contribution in [1.82, 2.24) is 25.3 Å². The van der Waals surface area contributed by atoms with Crippen molar-refractivity contribution in [2.24, 2.45) is 0 Å². The average molecular weight is 503 g/mol. The lowest BCUT2D eigenvalue weighted by Gasteiger charge is -2.52. The van der Waals surface area contributed by atoms with Crippen LogP contribution in [0.25, 0.3) is 22.4 Å². The minimum absolute atomic E-state index is 0.200. The Hall–Kier alpha value is -3.42. The number of fused-ring (bicyclic) bond motifs is 2. The predicted octanol–water partition coefficient (Wildman–Crippen LogP) is 5.99. The summed E-state index contributed by atoms with van der Waals surface area (Å²) in [5, 5.41) is 16.1. The van der Waals surface area contributed by atoms with E-state index in [2.05, 4.69) is 77.4 Å². The fraction of sp³-hybridized carbons (Fsp3) is 0.517. The summed E-state index contributed by atoms with van der Waals surface area (Å²) in [5.74, 6) is 0.846. The van der Waals surface area contributed by atoms with Crippen LogP contribution in [0.5, 0.6) is 0 Å². The Balaban J connectivity index is 1.33. The molecule has 8 heteroatoms. The molecule has 2 aliphatic rings. The van der Waals surface area contributed by atoms with Gasteiger partial charge < -0.3 is 9.64 Å². The zero-order valence-corrected chi connectivity index (χ0v) is 23.0. The van der Waals surface area contributed by atoms with Gasteiger partial charge in [0.25, 0.3) is 0 Å². The number of piperidine rings is 1.